The van der Waals surface area contributed by atoms with Crippen LogP contribution in [0.3, 0.4) is 0 Å². The van der Waals surface area contributed by atoms with E-state index in [1.54, 1.807) is 6.33 Å². The predicted octanol–water partition coefficient (Wildman–Crippen LogP) is 4.84. The number of nitrogens with zero attached hydrogens (tertiary/aromatic N) is 5. The SMILES string of the molecule is CCCC(=O)N1CCN(c2ncnc3c2c(-c2ccccc2)cn3-c2ccccc2C)CC1. The van der Waals surface area contributed by atoms with Crippen molar-refractivity contribution in [2.24, 2.45) is 0 Å². The summed E-state index contributed by atoms with van der Waals surface area (Å²) in [4.78, 5) is 26.1. The van der Waals surface area contributed by atoms with Gasteiger partial charge in [-0.1, -0.05) is 55.5 Å². The number of amides is 1. The van der Waals surface area contributed by atoms with Crippen LogP contribution in [0, 0.1) is 6.92 Å². The monoisotopic (exact) mass is 439 g/mol. The standard InChI is InChI=1S/C27H29N5O/c1-3-9-24(33)30-14-16-31(17-15-30)26-25-22(21-11-5-4-6-12-21)18-32(27(25)29-19-28-26)23-13-8-7-10-20(23)2/h4-8,10-13,18-19H,3,9,14-17H2,1-2H3. The Hall–Kier alpha value is -3.67. The minimum absolute atomic E-state index is 0.251. The summed E-state index contributed by atoms with van der Waals surface area (Å²) in [6, 6.07) is 18.8. The summed E-state index contributed by atoms with van der Waals surface area (Å²) in [6.07, 6.45) is 5.35. The summed E-state index contributed by atoms with van der Waals surface area (Å²) >= 11 is 0. The number of benzene rings is 2. The number of hydrogen-bond donors (Lipinski definition) is 0. The van der Waals surface area contributed by atoms with E-state index in [0.717, 1.165) is 66.3 Å². The topological polar surface area (TPSA) is 54.3 Å². The second kappa shape index (κ2) is 9.06. The summed E-state index contributed by atoms with van der Waals surface area (Å²) in [5.41, 5.74) is 5.47. The van der Waals surface area contributed by atoms with Crippen molar-refractivity contribution in [2.45, 2.75) is 26.7 Å². The van der Waals surface area contributed by atoms with Crippen molar-refractivity contribution >= 4 is 22.8 Å². The Bertz CT molecular complexity index is 1270. The molecule has 1 aliphatic rings. The van der Waals surface area contributed by atoms with Crippen molar-refractivity contribution in [2.75, 3.05) is 31.1 Å². The number of aromatic nitrogens is 3. The van der Waals surface area contributed by atoms with E-state index in [9.17, 15) is 4.79 Å². The first-order valence-corrected chi connectivity index (χ1v) is 11.7. The Morgan fingerprint density at radius 3 is 2.39 bits per heavy atom. The summed E-state index contributed by atoms with van der Waals surface area (Å²) < 4.78 is 2.18. The van der Waals surface area contributed by atoms with Gasteiger partial charge in [-0.15, -0.1) is 0 Å². The van der Waals surface area contributed by atoms with Gasteiger partial charge in [-0.3, -0.25) is 4.79 Å². The highest BCUT2D eigenvalue weighted by atomic mass is 16.2. The number of piperazine rings is 1. The minimum Gasteiger partial charge on any atom is -0.352 e. The molecule has 3 heterocycles. The first-order chi connectivity index (χ1) is 16.2. The molecule has 1 amide bonds. The molecule has 0 saturated carbocycles. The second-order valence-corrected chi connectivity index (χ2v) is 8.58. The lowest BCUT2D eigenvalue weighted by Crippen LogP contribution is -2.49. The number of fused-ring (bicyclic) bond motifs is 1. The number of aryl methyl sites for hydroxylation is 1. The molecular weight excluding hydrogens is 410 g/mol. The van der Waals surface area contributed by atoms with Crippen molar-refractivity contribution < 1.29 is 4.79 Å². The molecule has 1 saturated heterocycles. The Morgan fingerprint density at radius 2 is 1.67 bits per heavy atom. The first kappa shape index (κ1) is 21.2. The van der Waals surface area contributed by atoms with E-state index in [1.165, 1.54) is 5.56 Å². The molecule has 0 radical (unpaired) electrons. The molecule has 6 heteroatoms. The van der Waals surface area contributed by atoms with Crippen molar-refractivity contribution in [1.82, 2.24) is 19.4 Å². The number of rotatable bonds is 5. The van der Waals surface area contributed by atoms with Crippen molar-refractivity contribution in [3.05, 3.63) is 72.7 Å². The van der Waals surface area contributed by atoms with Gasteiger partial charge in [0.1, 0.15) is 12.1 Å². The zero-order valence-corrected chi connectivity index (χ0v) is 19.2. The van der Waals surface area contributed by atoms with Crippen molar-refractivity contribution in [1.29, 1.82) is 0 Å². The van der Waals surface area contributed by atoms with Crippen LogP contribution < -0.4 is 4.90 Å². The highest BCUT2D eigenvalue weighted by Gasteiger charge is 2.25. The van der Waals surface area contributed by atoms with Gasteiger partial charge in [0.25, 0.3) is 0 Å². The smallest absolute Gasteiger partial charge is 0.222 e. The quantitative estimate of drug-likeness (QED) is 0.446. The van der Waals surface area contributed by atoms with Crippen molar-refractivity contribution in [3.8, 4) is 16.8 Å². The fourth-order valence-electron chi connectivity index (χ4n) is 4.68. The zero-order chi connectivity index (χ0) is 22.8. The molecule has 0 spiro atoms. The molecule has 0 atom stereocenters. The fraction of sp³-hybridized carbons (Fsp3) is 0.296. The third-order valence-electron chi connectivity index (χ3n) is 6.42. The lowest BCUT2D eigenvalue weighted by atomic mass is 10.1. The van der Waals surface area contributed by atoms with E-state index >= 15 is 0 Å². The molecule has 1 fully saturated rings. The molecule has 0 bridgehead atoms. The molecule has 2 aromatic heterocycles. The van der Waals surface area contributed by atoms with Gasteiger partial charge in [0.05, 0.1) is 5.39 Å². The van der Waals surface area contributed by atoms with Crippen LogP contribution in [0.1, 0.15) is 25.3 Å². The summed E-state index contributed by atoms with van der Waals surface area (Å²) in [6.45, 7) is 7.16. The lowest BCUT2D eigenvalue weighted by molar-refractivity contribution is -0.131. The fourth-order valence-corrected chi connectivity index (χ4v) is 4.68. The van der Waals surface area contributed by atoms with Gasteiger partial charge in [-0.2, -0.15) is 0 Å². The third-order valence-corrected chi connectivity index (χ3v) is 6.42. The number of anilines is 1. The largest absolute Gasteiger partial charge is 0.352 e. The first-order valence-electron chi connectivity index (χ1n) is 11.7. The van der Waals surface area contributed by atoms with E-state index < -0.39 is 0 Å². The van der Waals surface area contributed by atoms with Gasteiger partial charge in [-0.25, -0.2) is 9.97 Å². The number of carbonyl (C=O) groups is 1. The Balaban J connectivity index is 1.61. The maximum Gasteiger partial charge on any atom is 0.222 e. The zero-order valence-electron chi connectivity index (χ0n) is 19.2. The second-order valence-electron chi connectivity index (χ2n) is 8.58. The van der Waals surface area contributed by atoms with Crippen LogP contribution >= 0.6 is 0 Å². The average Bonchev–Trinajstić information content (AvgIpc) is 3.25. The van der Waals surface area contributed by atoms with Gasteiger partial charge in [0.15, 0.2) is 5.65 Å². The van der Waals surface area contributed by atoms with Gasteiger partial charge >= 0.3 is 0 Å². The lowest BCUT2D eigenvalue weighted by Gasteiger charge is -2.35. The normalized spacial score (nSPS) is 14.1. The number of carbonyl (C=O) groups excluding carboxylic acids is 1. The molecule has 0 N–H and O–H groups in total. The van der Waals surface area contributed by atoms with Crippen LogP contribution in [0.15, 0.2) is 67.1 Å². The number of para-hydroxylation sites is 1. The molecule has 33 heavy (non-hydrogen) atoms. The van der Waals surface area contributed by atoms with Gasteiger partial charge < -0.3 is 14.4 Å². The minimum atomic E-state index is 0.251. The maximum absolute atomic E-state index is 12.4. The van der Waals surface area contributed by atoms with Crippen LogP contribution in [0.2, 0.25) is 0 Å². The highest BCUT2D eigenvalue weighted by molar-refractivity contribution is 6.02. The third kappa shape index (κ3) is 3.97. The summed E-state index contributed by atoms with van der Waals surface area (Å²) in [5, 5.41) is 1.06. The molecule has 0 unspecified atom stereocenters. The molecule has 2 aromatic carbocycles. The molecule has 5 rings (SSSR count). The molecule has 1 aliphatic heterocycles. The van der Waals surface area contributed by atoms with Crippen LogP contribution in [0.25, 0.3) is 27.8 Å². The molecule has 0 aliphatic carbocycles. The average molecular weight is 440 g/mol. The molecule has 6 nitrogen and oxygen atoms in total. The van der Waals surface area contributed by atoms with E-state index in [0.29, 0.717) is 6.42 Å². The maximum atomic E-state index is 12.4. The molecule has 4 aromatic rings. The Kier molecular flexibility index (Phi) is 5.82. The molecule has 168 valence electrons. The van der Waals surface area contributed by atoms with E-state index in [4.69, 9.17) is 9.97 Å². The summed E-state index contributed by atoms with van der Waals surface area (Å²) in [5.74, 6) is 1.19. The molecular formula is C27H29N5O. The van der Waals surface area contributed by atoms with E-state index in [1.807, 2.05) is 11.0 Å². The van der Waals surface area contributed by atoms with Gasteiger partial charge in [-0.05, 0) is 30.5 Å². The van der Waals surface area contributed by atoms with Crippen LogP contribution in [0.5, 0.6) is 0 Å². The Morgan fingerprint density at radius 1 is 0.939 bits per heavy atom. The van der Waals surface area contributed by atoms with E-state index in [-0.39, 0.29) is 5.91 Å². The van der Waals surface area contributed by atoms with Crippen LogP contribution in [-0.2, 0) is 4.79 Å². The predicted molar refractivity (Wildman–Crippen MR) is 133 cm³/mol. The van der Waals surface area contributed by atoms with Crippen LogP contribution in [0.4, 0.5) is 5.82 Å². The van der Waals surface area contributed by atoms with E-state index in [2.05, 4.69) is 78.0 Å². The Labute approximate surface area is 194 Å². The van der Waals surface area contributed by atoms with Crippen LogP contribution in [-0.4, -0.2) is 51.5 Å². The number of hydrogen-bond acceptors (Lipinski definition) is 4. The van der Waals surface area contributed by atoms with Gasteiger partial charge in [0.2, 0.25) is 5.91 Å². The highest BCUT2D eigenvalue weighted by Crippen LogP contribution is 2.37. The van der Waals surface area contributed by atoms with Gasteiger partial charge in [0, 0.05) is 50.0 Å². The summed E-state index contributed by atoms with van der Waals surface area (Å²) in [7, 11) is 0. The van der Waals surface area contributed by atoms with Crippen molar-refractivity contribution in [3.63, 3.8) is 0 Å².